The molecule has 0 spiro atoms. The molecule has 0 saturated heterocycles. The number of carboxylic acids is 1. The number of rotatable bonds is 2. The number of hydrogen-bond acceptors (Lipinski definition) is 3. The SMILES string of the molecule is O=C(O)[C@H]1CN(C(=O)c2ccccc2)c2ccccc2O1. The number of nitrogens with zero attached hydrogens (tertiary/aromatic N) is 1. The van der Waals surface area contributed by atoms with E-state index in [0.717, 1.165) is 0 Å². The average Bonchev–Trinajstić information content (AvgIpc) is 2.54. The lowest BCUT2D eigenvalue weighted by Gasteiger charge is -2.33. The van der Waals surface area contributed by atoms with Crippen molar-refractivity contribution in [2.75, 3.05) is 11.4 Å². The Labute approximate surface area is 121 Å². The summed E-state index contributed by atoms with van der Waals surface area (Å²) in [5, 5.41) is 9.17. The van der Waals surface area contributed by atoms with Crippen LogP contribution in [0.25, 0.3) is 0 Å². The van der Waals surface area contributed by atoms with Crippen LogP contribution in [0.1, 0.15) is 10.4 Å². The predicted molar refractivity (Wildman–Crippen MR) is 76.6 cm³/mol. The summed E-state index contributed by atoms with van der Waals surface area (Å²) in [4.78, 5) is 25.3. The highest BCUT2D eigenvalue weighted by Crippen LogP contribution is 2.34. The fraction of sp³-hybridized carbons (Fsp3) is 0.125. The molecule has 2 aromatic rings. The maximum absolute atomic E-state index is 12.6. The number of carboxylic acid groups (broad SMARTS) is 1. The van der Waals surface area contributed by atoms with E-state index in [0.29, 0.717) is 17.0 Å². The molecule has 3 rings (SSSR count). The first-order chi connectivity index (χ1) is 10.2. The molecule has 0 saturated carbocycles. The molecule has 2 aromatic carbocycles. The molecule has 21 heavy (non-hydrogen) atoms. The van der Waals surface area contributed by atoms with Gasteiger partial charge >= 0.3 is 5.97 Å². The number of aliphatic carboxylic acids is 1. The van der Waals surface area contributed by atoms with Crippen LogP contribution in [0.3, 0.4) is 0 Å². The first kappa shape index (κ1) is 13.2. The zero-order valence-electron chi connectivity index (χ0n) is 11.1. The largest absolute Gasteiger partial charge is 0.478 e. The minimum absolute atomic E-state index is 0.0138. The molecule has 1 heterocycles. The first-order valence-corrected chi connectivity index (χ1v) is 6.52. The van der Waals surface area contributed by atoms with Crippen molar-refractivity contribution in [2.24, 2.45) is 0 Å². The van der Waals surface area contributed by atoms with E-state index in [-0.39, 0.29) is 12.5 Å². The van der Waals surface area contributed by atoms with Crippen LogP contribution in [-0.4, -0.2) is 29.6 Å². The third kappa shape index (κ3) is 2.45. The van der Waals surface area contributed by atoms with Gasteiger partial charge in [0.05, 0.1) is 12.2 Å². The van der Waals surface area contributed by atoms with Crippen LogP contribution in [0.15, 0.2) is 54.6 Å². The second kappa shape index (κ2) is 5.28. The maximum Gasteiger partial charge on any atom is 0.346 e. The van der Waals surface area contributed by atoms with E-state index < -0.39 is 12.1 Å². The molecule has 106 valence electrons. The average molecular weight is 283 g/mol. The van der Waals surface area contributed by atoms with Crippen LogP contribution in [0.5, 0.6) is 5.75 Å². The number of anilines is 1. The van der Waals surface area contributed by atoms with Crippen molar-refractivity contribution in [3.05, 3.63) is 60.2 Å². The van der Waals surface area contributed by atoms with Gasteiger partial charge in [-0.1, -0.05) is 30.3 Å². The van der Waals surface area contributed by atoms with E-state index in [9.17, 15) is 14.7 Å². The summed E-state index contributed by atoms with van der Waals surface area (Å²) >= 11 is 0. The first-order valence-electron chi connectivity index (χ1n) is 6.52. The number of amides is 1. The summed E-state index contributed by atoms with van der Waals surface area (Å²) < 4.78 is 5.42. The van der Waals surface area contributed by atoms with Crippen molar-refractivity contribution in [3.63, 3.8) is 0 Å². The van der Waals surface area contributed by atoms with Crippen LogP contribution in [0, 0.1) is 0 Å². The van der Waals surface area contributed by atoms with Gasteiger partial charge in [-0.3, -0.25) is 4.79 Å². The molecule has 0 unspecified atom stereocenters. The van der Waals surface area contributed by atoms with Gasteiger partial charge in [-0.25, -0.2) is 4.79 Å². The Bertz CT molecular complexity index is 684. The van der Waals surface area contributed by atoms with Crippen molar-refractivity contribution >= 4 is 17.6 Å². The molecular weight excluding hydrogens is 270 g/mol. The standard InChI is InChI=1S/C16H13NO4/c18-15(11-6-2-1-3-7-11)17-10-14(16(19)20)21-13-9-5-4-8-12(13)17/h1-9,14H,10H2,(H,19,20)/t14-/m1/s1. The number of fused-ring (bicyclic) bond motifs is 1. The molecule has 0 aliphatic carbocycles. The molecule has 0 radical (unpaired) electrons. The van der Waals surface area contributed by atoms with E-state index >= 15 is 0 Å². The highest BCUT2D eigenvalue weighted by atomic mass is 16.5. The van der Waals surface area contributed by atoms with Crippen LogP contribution in [-0.2, 0) is 4.79 Å². The third-order valence-electron chi connectivity index (χ3n) is 3.32. The summed E-state index contributed by atoms with van der Waals surface area (Å²) in [7, 11) is 0. The summed E-state index contributed by atoms with van der Waals surface area (Å²) in [5.74, 6) is -0.923. The Hall–Kier alpha value is -2.82. The van der Waals surface area contributed by atoms with Gasteiger partial charge in [0.15, 0.2) is 0 Å². The molecular formula is C16H13NO4. The lowest BCUT2D eigenvalue weighted by atomic mass is 10.1. The lowest BCUT2D eigenvalue weighted by Crippen LogP contribution is -2.47. The normalized spacial score (nSPS) is 16.8. The van der Waals surface area contributed by atoms with Crippen molar-refractivity contribution in [1.29, 1.82) is 0 Å². The zero-order chi connectivity index (χ0) is 14.8. The van der Waals surface area contributed by atoms with Gasteiger partial charge in [0, 0.05) is 5.56 Å². The Balaban J connectivity index is 2.00. The van der Waals surface area contributed by atoms with Crippen molar-refractivity contribution in [1.82, 2.24) is 0 Å². The van der Waals surface area contributed by atoms with E-state index in [2.05, 4.69) is 0 Å². The molecule has 0 bridgehead atoms. The van der Waals surface area contributed by atoms with Gasteiger partial charge in [0.1, 0.15) is 5.75 Å². The summed E-state index contributed by atoms with van der Waals surface area (Å²) in [5.41, 5.74) is 1.10. The molecule has 1 aliphatic heterocycles. The molecule has 0 fully saturated rings. The summed E-state index contributed by atoms with van der Waals surface area (Å²) in [6, 6.07) is 15.7. The number of carbonyl (C=O) groups excluding carboxylic acids is 1. The minimum atomic E-state index is -1.09. The van der Waals surface area contributed by atoms with Gasteiger partial charge in [0.2, 0.25) is 6.10 Å². The minimum Gasteiger partial charge on any atom is -0.478 e. The van der Waals surface area contributed by atoms with Gasteiger partial charge in [-0.2, -0.15) is 0 Å². The Morgan fingerprint density at radius 1 is 1.05 bits per heavy atom. The van der Waals surface area contributed by atoms with Crippen molar-refractivity contribution < 1.29 is 19.4 Å². The number of para-hydroxylation sites is 2. The van der Waals surface area contributed by atoms with Crippen LogP contribution >= 0.6 is 0 Å². The van der Waals surface area contributed by atoms with Crippen LogP contribution in [0.2, 0.25) is 0 Å². The third-order valence-corrected chi connectivity index (χ3v) is 3.32. The number of benzene rings is 2. The smallest absolute Gasteiger partial charge is 0.346 e. The lowest BCUT2D eigenvalue weighted by molar-refractivity contribution is -0.144. The fourth-order valence-corrected chi connectivity index (χ4v) is 2.29. The van der Waals surface area contributed by atoms with Crippen LogP contribution in [0.4, 0.5) is 5.69 Å². The topological polar surface area (TPSA) is 66.8 Å². The monoisotopic (exact) mass is 283 g/mol. The van der Waals surface area contributed by atoms with Crippen molar-refractivity contribution in [3.8, 4) is 5.75 Å². The molecule has 1 N–H and O–H groups in total. The quantitative estimate of drug-likeness (QED) is 0.917. The fourth-order valence-electron chi connectivity index (χ4n) is 2.29. The molecule has 0 aromatic heterocycles. The van der Waals surface area contributed by atoms with E-state index in [4.69, 9.17) is 4.74 Å². The highest BCUT2D eigenvalue weighted by molar-refractivity contribution is 6.07. The zero-order valence-corrected chi connectivity index (χ0v) is 11.1. The van der Waals surface area contributed by atoms with Gasteiger partial charge in [-0.15, -0.1) is 0 Å². The van der Waals surface area contributed by atoms with Gasteiger partial charge in [-0.05, 0) is 24.3 Å². The Morgan fingerprint density at radius 2 is 1.71 bits per heavy atom. The van der Waals surface area contributed by atoms with Crippen molar-refractivity contribution in [2.45, 2.75) is 6.10 Å². The number of hydrogen-bond donors (Lipinski definition) is 1. The molecule has 5 nitrogen and oxygen atoms in total. The molecule has 1 atom stereocenters. The van der Waals surface area contributed by atoms with E-state index in [1.165, 1.54) is 4.90 Å². The van der Waals surface area contributed by atoms with E-state index in [1.54, 1.807) is 48.5 Å². The summed E-state index contributed by atoms with van der Waals surface area (Å²) in [6.45, 7) is -0.0138. The van der Waals surface area contributed by atoms with E-state index in [1.807, 2.05) is 6.07 Å². The van der Waals surface area contributed by atoms with Gasteiger partial charge in [0.25, 0.3) is 5.91 Å². The predicted octanol–water partition coefficient (Wildman–Crippen LogP) is 2.18. The molecule has 1 amide bonds. The highest BCUT2D eigenvalue weighted by Gasteiger charge is 2.33. The molecule has 5 heteroatoms. The second-order valence-electron chi connectivity index (χ2n) is 4.69. The number of ether oxygens (including phenoxy) is 1. The van der Waals surface area contributed by atoms with Crippen LogP contribution < -0.4 is 9.64 Å². The summed E-state index contributed by atoms with van der Waals surface area (Å²) in [6.07, 6.45) is -1.06. The second-order valence-corrected chi connectivity index (χ2v) is 4.69. The Kier molecular flexibility index (Phi) is 3.31. The maximum atomic E-state index is 12.6. The van der Waals surface area contributed by atoms with Gasteiger partial charge < -0.3 is 14.7 Å². The number of carbonyl (C=O) groups is 2. The Morgan fingerprint density at radius 3 is 2.43 bits per heavy atom. The molecule has 1 aliphatic rings.